The van der Waals surface area contributed by atoms with Crippen LogP contribution in [0, 0.1) is 0 Å². The number of rotatable bonds is 18. The molecule has 1 amide bonds. The first-order chi connectivity index (χ1) is 16.4. The van der Waals surface area contributed by atoms with Gasteiger partial charge in [-0.3, -0.25) is 9.59 Å². The number of ether oxygens (including phenoxy) is 1. The molecule has 1 aromatic rings. The Morgan fingerprint density at radius 2 is 1.54 bits per heavy atom. The van der Waals surface area contributed by atoms with Crippen LogP contribution in [-0.4, -0.2) is 48.8 Å². The van der Waals surface area contributed by atoms with Crippen LogP contribution in [0.25, 0.3) is 0 Å². The molecule has 200 valence electrons. The predicted molar refractivity (Wildman–Crippen MR) is 144 cm³/mol. The highest BCUT2D eigenvalue weighted by atomic mass is 32.2. The maximum Gasteiger partial charge on any atom is 0.303 e. The normalized spacial score (nSPS) is 11.9. The number of unbranched alkanes of at least 4 members (excludes halogenated alkanes) is 7. The van der Waals surface area contributed by atoms with Gasteiger partial charge in [0.15, 0.2) is 9.84 Å². The van der Waals surface area contributed by atoms with Gasteiger partial charge in [0.25, 0.3) is 0 Å². The van der Waals surface area contributed by atoms with Gasteiger partial charge in [0.05, 0.1) is 11.5 Å². The molecule has 35 heavy (non-hydrogen) atoms. The fraction of sp³-hybridized carbons (Fsp3) is 0.692. The first kappa shape index (κ1) is 31.3. The fourth-order valence-corrected chi connectivity index (χ4v) is 5.31. The molecule has 0 aliphatic rings. The molecule has 0 spiro atoms. The molecule has 1 rings (SSSR count). The van der Waals surface area contributed by atoms with Gasteiger partial charge in [-0.25, -0.2) is 8.42 Å². The zero-order valence-electron chi connectivity index (χ0n) is 21.7. The third-order valence-corrected chi connectivity index (χ3v) is 7.78. The standard InChI is InChI=1S/C26H43NO6S2/c1-26(2,3)34-20-12-10-8-6-5-7-9-11-17-23(28)27-25-21(33-19-14-18-24(29)30)15-13-16-22(25)35(4,31)32/h13,15-16H,5-12,14,17-20H2,1-4H3,(H,27,28)(H,29,30). The summed E-state index contributed by atoms with van der Waals surface area (Å²) >= 11 is 2.02. The molecule has 0 atom stereocenters. The van der Waals surface area contributed by atoms with Crippen molar-refractivity contribution in [2.24, 2.45) is 0 Å². The summed E-state index contributed by atoms with van der Waals surface area (Å²) in [7, 11) is -3.59. The molecule has 0 fully saturated rings. The molecule has 0 heterocycles. The van der Waals surface area contributed by atoms with E-state index < -0.39 is 15.8 Å². The molecule has 0 aliphatic heterocycles. The van der Waals surface area contributed by atoms with Crippen molar-refractivity contribution in [3.63, 3.8) is 0 Å². The number of carboxylic acids is 1. The molecule has 1 aromatic carbocycles. The van der Waals surface area contributed by atoms with Gasteiger partial charge in [0, 0.05) is 23.8 Å². The lowest BCUT2D eigenvalue weighted by Crippen LogP contribution is -2.15. The summed E-state index contributed by atoms with van der Waals surface area (Å²) in [6.45, 7) is 6.86. The maximum absolute atomic E-state index is 12.5. The van der Waals surface area contributed by atoms with E-state index in [0.717, 1.165) is 25.5 Å². The van der Waals surface area contributed by atoms with Crippen molar-refractivity contribution in [1.82, 2.24) is 0 Å². The van der Waals surface area contributed by atoms with Crippen molar-refractivity contribution < 1.29 is 27.9 Å². The zero-order chi connectivity index (χ0) is 26.3. The minimum absolute atomic E-state index is 0.0116. The summed E-state index contributed by atoms with van der Waals surface area (Å²) in [5.74, 6) is 0.262. The van der Waals surface area contributed by atoms with Gasteiger partial charge in [-0.2, -0.15) is 11.8 Å². The number of hydrogen-bond acceptors (Lipinski definition) is 6. The Hall–Kier alpha value is -1.74. The number of anilines is 1. The smallest absolute Gasteiger partial charge is 0.303 e. The van der Waals surface area contributed by atoms with E-state index in [-0.39, 0.29) is 41.7 Å². The lowest BCUT2D eigenvalue weighted by Gasteiger charge is -2.17. The van der Waals surface area contributed by atoms with E-state index in [9.17, 15) is 18.0 Å². The first-order valence-corrected chi connectivity index (χ1v) is 15.4. The molecule has 0 bridgehead atoms. The Morgan fingerprint density at radius 1 is 0.943 bits per heavy atom. The average molecular weight is 530 g/mol. The highest BCUT2D eigenvalue weighted by Crippen LogP contribution is 2.32. The molecule has 2 N–H and O–H groups in total. The second-order valence-electron chi connectivity index (χ2n) is 9.83. The number of thioether (sulfide) groups is 1. The zero-order valence-corrected chi connectivity index (χ0v) is 23.4. The predicted octanol–water partition coefficient (Wildman–Crippen LogP) is 6.31. The monoisotopic (exact) mass is 529 g/mol. The third-order valence-electron chi connectivity index (χ3n) is 5.28. The molecule has 0 aromatic heterocycles. The van der Waals surface area contributed by atoms with E-state index >= 15 is 0 Å². The van der Waals surface area contributed by atoms with Gasteiger partial charge in [-0.05, 0) is 37.1 Å². The number of carbonyl (C=O) groups is 2. The lowest BCUT2D eigenvalue weighted by molar-refractivity contribution is -0.137. The van der Waals surface area contributed by atoms with Crippen LogP contribution >= 0.6 is 11.8 Å². The molecular weight excluding hydrogens is 486 g/mol. The number of sulfone groups is 1. The number of carboxylic acid groups (broad SMARTS) is 1. The first-order valence-electron chi connectivity index (χ1n) is 12.5. The molecule has 0 saturated carbocycles. The van der Waals surface area contributed by atoms with Crippen LogP contribution in [0.15, 0.2) is 23.1 Å². The summed E-state index contributed by atoms with van der Waals surface area (Å²) in [5, 5.41) is 11.5. The van der Waals surface area contributed by atoms with Gasteiger partial charge < -0.3 is 15.2 Å². The van der Waals surface area contributed by atoms with Gasteiger partial charge in [0.1, 0.15) is 11.4 Å². The summed E-state index contributed by atoms with van der Waals surface area (Å²) in [4.78, 5) is 23.2. The molecule has 0 unspecified atom stereocenters. The van der Waals surface area contributed by atoms with Crippen LogP contribution in [0.3, 0.4) is 0 Å². The Labute approximate surface area is 215 Å². The van der Waals surface area contributed by atoms with Crippen molar-refractivity contribution in [3.8, 4) is 5.75 Å². The van der Waals surface area contributed by atoms with Crippen molar-refractivity contribution >= 4 is 39.2 Å². The Bertz CT molecular complexity index is 894. The van der Waals surface area contributed by atoms with E-state index in [2.05, 4.69) is 26.1 Å². The third kappa shape index (κ3) is 15.1. The van der Waals surface area contributed by atoms with Crippen molar-refractivity contribution in [3.05, 3.63) is 18.2 Å². The minimum atomic E-state index is -3.59. The van der Waals surface area contributed by atoms with E-state index in [1.807, 2.05) is 11.8 Å². The average Bonchev–Trinajstić information content (AvgIpc) is 2.74. The summed E-state index contributed by atoms with van der Waals surface area (Å²) in [6.07, 6.45) is 10.6. The Morgan fingerprint density at radius 3 is 2.11 bits per heavy atom. The van der Waals surface area contributed by atoms with Gasteiger partial charge in [-0.15, -0.1) is 0 Å². The van der Waals surface area contributed by atoms with Crippen LogP contribution in [0.4, 0.5) is 5.69 Å². The van der Waals surface area contributed by atoms with Crippen molar-refractivity contribution in [1.29, 1.82) is 0 Å². The van der Waals surface area contributed by atoms with E-state index in [1.54, 1.807) is 12.1 Å². The number of aliphatic carboxylic acids is 1. The van der Waals surface area contributed by atoms with Crippen LogP contribution in [0.1, 0.15) is 91.4 Å². The van der Waals surface area contributed by atoms with Crippen LogP contribution < -0.4 is 10.1 Å². The summed E-state index contributed by atoms with van der Waals surface area (Å²) < 4.78 is 30.4. The highest BCUT2D eigenvalue weighted by Gasteiger charge is 2.19. The number of nitrogens with one attached hydrogen (secondary N) is 1. The quantitative estimate of drug-likeness (QED) is 0.214. The van der Waals surface area contributed by atoms with Crippen LogP contribution in [0.2, 0.25) is 0 Å². The van der Waals surface area contributed by atoms with Crippen molar-refractivity contribution in [2.45, 2.75) is 101 Å². The SMILES string of the molecule is CC(C)(C)SCCCCCCCCCCC(=O)Nc1c(OCCCC(=O)O)cccc1S(C)(=O)=O. The van der Waals surface area contributed by atoms with E-state index in [0.29, 0.717) is 11.2 Å². The molecule has 0 radical (unpaired) electrons. The molecule has 7 nitrogen and oxygen atoms in total. The Kier molecular flexibility index (Phi) is 14.4. The molecule has 0 aliphatic carbocycles. The van der Waals surface area contributed by atoms with Gasteiger partial charge in [-0.1, -0.05) is 65.4 Å². The number of benzene rings is 1. The minimum Gasteiger partial charge on any atom is -0.491 e. The fourth-order valence-electron chi connectivity index (χ4n) is 3.50. The summed E-state index contributed by atoms with van der Waals surface area (Å²) in [5.41, 5.74) is 0.125. The second kappa shape index (κ2) is 16.1. The number of carbonyl (C=O) groups excluding carboxylic acids is 1. The number of hydrogen-bond donors (Lipinski definition) is 2. The maximum atomic E-state index is 12.5. The van der Waals surface area contributed by atoms with Gasteiger partial charge in [0.2, 0.25) is 5.91 Å². The number of amides is 1. The Balaban J connectivity index is 2.40. The number of para-hydroxylation sites is 1. The molecule has 9 heteroatoms. The highest BCUT2D eigenvalue weighted by molar-refractivity contribution is 8.00. The van der Waals surface area contributed by atoms with Crippen molar-refractivity contribution in [2.75, 3.05) is 23.9 Å². The van der Waals surface area contributed by atoms with E-state index in [1.165, 1.54) is 43.9 Å². The van der Waals surface area contributed by atoms with Gasteiger partial charge >= 0.3 is 5.97 Å². The van der Waals surface area contributed by atoms with Crippen LogP contribution in [0.5, 0.6) is 5.75 Å². The largest absolute Gasteiger partial charge is 0.491 e. The molecular formula is C26H43NO6S2. The topological polar surface area (TPSA) is 110 Å². The lowest BCUT2D eigenvalue weighted by atomic mass is 10.1. The summed E-state index contributed by atoms with van der Waals surface area (Å²) in [6, 6.07) is 4.55. The van der Waals surface area contributed by atoms with Crippen LogP contribution in [-0.2, 0) is 19.4 Å². The van der Waals surface area contributed by atoms with E-state index in [4.69, 9.17) is 9.84 Å². The second-order valence-corrected chi connectivity index (χ2v) is 13.7. The molecule has 0 saturated heterocycles.